The summed E-state index contributed by atoms with van der Waals surface area (Å²) in [5, 5.41) is 9.51. The largest absolute Gasteiger partial charge is 0.393 e. The quantitative estimate of drug-likeness (QED) is 0.806. The summed E-state index contributed by atoms with van der Waals surface area (Å²) in [5.41, 5.74) is 0. The van der Waals surface area contributed by atoms with E-state index in [1.54, 1.807) is 11.2 Å². The molecule has 0 aromatic heterocycles. The molecule has 0 saturated carbocycles. The molecule has 1 aliphatic heterocycles. The van der Waals surface area contributed by atoms with Gasteiger partial charge < -0.3 is 5.11 Å². The van der Waals surface area contributed by atoms with Gasteiger partial charge in [0.25, 0.3) is 0 Å². The predicted molar refractivity (Wildman–Crippen MR) is 73.8 cm³/mol. The van der Waals surface area contributed by atoms with Crippen LogP contribution in [0.5, 0.6) is 0 Å². The summed E-state index contributed by atoms with van der Waals surface area (Å²) in [4.78, 5) is 0. The molecule has 5 heteroatoms. The van der Waals surface area contributed by atoms with Crippen molar-refractivity contribution in [3.8, 4) is 0 Å². The van der Waals surface area contributed by atoms with Crippen molar-refractivity contribution in [1.29, 1.82) is 0 Å². The summed E-state index contributed by atoms with van der Waals surface area (Å²) in [6.45, 7) is 7.01. The minimum atomic E-state index is -3.10. The molecule has 1 heterocycles. The number of hydrogen-bond donors (Lipinski definition) is 1. The highest BCUT2D eigenvalue weighted by Crippen LogP contribution is 2.23. The molecule has 0 amide bonds. The van der Waals surface area contributed by atoms with Crippen LogP contribution in [0.4, 0.5) is 0 Å². The van der Waals surface area contributed by atoms with Crippen LogP contribution >= 0.6 is 0 Å². The molecule has 0 radical (unpaired) electrons. The first-order chi connectivity index (χ1) is 8.36. The molecule has 0 spiro atoms. The molecule has 1 aliphatic rings. The summed E-state index contributed by atoms with van der Waals surface area (Å²) < 4.78 is 26.0. The first-order valence-corrected chi connectivity index (χ1v) is 8.63. The molecule has 1 saturated heterocycles. The van der Waals surface area contributed by atoms with Crippen molar-refractivity contribution in [2.75, 3.05) is 18.8 Å². The number of aliphatic hydroxyl groups excluding tert-OH is 1. The Kier molecular flexibility index (Phi) is 6.08. The van der Waals surface area contributed by atoms with Gasteiger partial charge in [-0.1, -0.05) is 20.3 Å². The second-order valence-electron chi connectivity index (χ2n) is 5.65. The fourth-order valence-corrected chi connectivity index (χ4v) is 4.54. The fourth-order valence-electron chi connectivity index (χ4n) is 2.68. The Morgan fingerprint density at radius 2 is 1.83 bits per heavy atom. The topological polar surface area (TPSA) is 57.6 Å². The maximum absolute atomic E-state index is 12.2. The average Bonchev–Trinajstić information content (AvgIpc) is 2.28. The highest BCUT2D eigenvalue weighted by molar-refractivity contribution is 7.89. The molecule has 0 aromatic rings. The summed E-state index contributed by atoms with van der Waals surface area (Å²) in [6, 6.07) is 0. The van der Waals surface area contributed by atoms with E-state index in [2.05, 4.69) is 6.92 Å². The third-order valence-electron chi connectivity index (χ3n) is 3.85. The number of nitrogens with zero attached hydrogens (tertiary/aromatic N) is 1. The van der Waals surface area contributed by atoms with E-state index in [1.807, 2.05) is 6.92 Å². The van der Waals surface area contributed by atoms with Crippen LogP contribution < -0.4 is 0 Å². The van der Waals surface area contributed by atoms with E-state index in [4.69, 9.17) is 0 Å². The minimum absolute atomic E-state index is 0.231. The van der Waals surface area contributed by atoms with Crippen molar-refractivity contribution in [1.82, 2.24) is 4.31 Å². The Morgan fingerprint density at radius 1 is 1.28 bits per heavy atom. The molecule has 0 aromatic carbocycles. The van der Waals surface area contributed by atoms with E-state index in [-0.39, 0.29) is 23.7 Å². The Morgan fingerprint density at radius 3 is 2.28 bits per heavy atom. The van der Waals surface area contributed by atoms with E-state index < -0.39 is 10.0 Å². The third kappa shape index (κ3) is 4.52. The number of aliphatic hydroxyl groups is 1. The highest BCUT2D eigenvalue weighted by Gasteiger charge is 2.30. The van der Waals surface area contributed by atoms with E-state index in [0.29, 0.717) is 13.1 Å². The number of hydrogen-bond acceptors (Lipinski definition) is 3. The maximum atomic E-state index is 12.2. The molecular formula is C13H27NO3S. The Bertz CT molecular complexity index is 332. The summed E-state index contributed by atoms with van der Waals surface area (Å²) >= 11 is 0. The second-order valence-corrected chi connectivity index (χ2v) is 7.66. The van der Waals surface area contributed by atoms with E-state index in [1.165, 1.54) is 0 Å². The van der Waals surface area contributed by atoms with Gasteiger partial charge in [0, 0.05) is 13.1 Å². The minimum Gasteiger partial charge on any atom is -0.393 e. The van der Waals surface area contributed by atoms with Gasteiger partial charge in [-0.05, 0) is 38.0 Å². The van der Waals surface area contributed by atoms with Crippen molar-refractivity contribution in [2.24, 2.45) is 11.8 Å². The van der Waals surface area contributed by atoms with Crippen LogP contribution in [0.15, 0.2) is 0 Å². The number of piperidine rings is 1. The molecule has 0 aliphatic carbocycles. The number of rotatable bonds is 6. The zero-order valence-corrected chi connectivity index (χ0v) is 12.6. The molecule has 1 rings (SSSR count). The lowest BCUT2D eigenvalue weighted by molar-refractivity contribution is 0.0911. The van der Waals surface area contributed by atoms with Crippen LogP contribution in [0.2, 0.25) is 0 Å². The zero-order chi connectivity index (χ0) is 13.8. The molecule has 2 atom stereocenters. The average molecular weight is 277 g/mol. The third-order valence-corrected chi connectivity index (χ3v) is 5.99. The van der Waals surface area contributed by atoms with Gasteiger partial charge in [-0.3, -0.25) is 0 Å². The molecule has 18 heavy (non-hydrogen) atoms. The van der Waals surface area contributed by atoms with Crippen molar-refractivity contribution >= 4 is 10.0 Å². The smallest absolute Gasteiger partial charge is 0.214 e. The van der Waals surface area contributed by atoms with Crippen molar-refractivity contribution < 1.29 is 13.5 Å². The fraction of sp³-hybridized carbons (Fsp3) is 1.00. The molecule has 4 nitrogen and oxygen atoms in total. The molecule has 2 unspecified atom stereocenters. The summed E-state index contributed by atoms with van der Waals surface area (Å²) in [7, 11) is -3.10. The Hall–Kier alpha value is -0.130. The van der Waals surface area contributed by atoms with Gasteiger partial charge in [0.1, 0.15) is 0 Å². The van der Waals surface area contributed by atoms with Crippen LogP contribution in [-0.2, 0) is 10.0 Å². The Balaban J connectivity index is 2.50. The lowest BCUT2D eigenvalue weighted by atomic mass is 9.93. The summed E-state index contributed by atoms with van der Waals surface area (Å²) in [6.07, 6.45) is 3.22. The van der Waals surface area contributed by atoms with Crippen molar-refractivity contribution in [2.45, 2.75) is 52.6 Å². The lowest BCUT2D eigenvalue weighted by Gasteiger charge is -2.33. The van der Waals surface area contributed by atoms with Gasteiger partial charge in [-0.25, -0.2) is 12.7 Å². The lowest BCUT2D eigenvalue weighted by Crippen LogP contribution is -2.42. The van der Waals surface area contributed by atoms with Gasteiger partial charge in [-0.2, -0.15) is 0 Å². The van der Waals surface area contributed by atoms with Gasteiger partial charge in [-0.15, -0.1) is 0 Å². The molecule has 1 N–H and O–H groups in total. The normalized spacial score (nSPS) is 22.9. The van der Waals surface area contributed by atoms with Crippen LogP contribution in [0.1, 0.15) is 46.5 Å². The second kappa shape index (κ2) is 6.87. The van der Waals surface area contributed by atoms with E-state index in [9.17, 15) is 13.5 Å². The van der Waals surface area contributed by atoms with Crippen LogP contribution in [0, 0.1) is 11.8 Å². The van der Waals surface area contributed by atoms with E-state index in [0.717, 1.165) is 25.7 Å². The van der Waals surface area contributed by atoms with Crippen molar-refractivity contribution in [3.63, 3.8) is 0 Å². The Labute approximate surface area is 111 Å². The maximum Gasteiger partial charge on any atom is 0.214 e. The van der Waals surface area contributed by atoms with E-state index >= 15 is 0 Å². The van der Waals surface area contributed by atoms with Gasteiger partial charge >= 0.3 is 0 Å². The monoisotopic (exact) mass is 277 g/mol. The first kappa shape index (κ1) is 15.9. The molecule has 1 fully saturated rings. The SMILES string of the molecule is CCCC(C)CS(=O)(=O)N1CCC(C(C)O)CC1. The molecule has 108 valence electrons. The first-order valence-electron chi connectivity index (χ1n) is 7.02. The molecular weight excluding hydrogens is 250 g/mol. The van der Waals surface area contributed by atoms with Crippen LogP contribution in [-0.4, -0.2) is 42.8 Å². The predicted octanol–water partition coefficient (Wildman–Crippen LogP) is 1.85. The van der Waals surface area contributed by atoms with Gasteiger partial charge in [0.05, 0.1) is 11.9 Å². The molecule has 0 bridgehead atoms. The van der Waals surface area contributed by atoms with Crippen molar-refractivity contribution in [3.05, 3.63) is 0 Å². The highest BCUT2D eigenvalue weighted by atomic mass is 32.2. The van der Waals surface area contributed by atoms with Crippen LogP contribution in [0.25, 0.3) is 0 Å². The van der Waals surface area contributed by atoms with Crippen LogP contribution in [0.3, 0.4) is 0 Å². The number of sulfonamides is 1. The standard InChI is InChI=1S/C13H27NO3S/c1-4-5-11(2)10-18(16,17)14-8-6-13(7-9-14)12(3)15/h11-13,15H,4-10H2,1-3H3. The van der Waals surface area contributed by atoms with Gasteiger partial charge in [0.2, 0.25) is 10.0 Å². The van der Waals surface area contributed by atoms with Gasteiger partial charge in [0.15, 0.2) is 0 Å². The zero-order valence-electron chi connectivity index (χ0n) is 11.8. The summed E-state index contributed by atoms with van der Waals surface area (Å²) in [5.74, 6) is 0.749.